The van der Waals surface area contributed by atoms with E-state index in [1.54, 1.807) is 5.57 Å². The molecule has 0 spiro atoms. The number of fused-ring (bicyclic) bond motifs is 6. The summed E-state index contributed by atoms with van der Waals surface area (Å²) in [6.45, 7) is 4.86. The maximum atomic E-state index is 4.84. The summed E-state index contributed by atoms with van der Waals surface area (Å²) in [5.74, 6) is 0.458. The number of rotatable bonds is 6. The number of benzene rings is 4. The van der Waals surface area contributed by atoms with Crippen LogP contribution in [0.15, 0.2) is 162 Å². The minimum atomic E-state index is 0.0647. The second-order valence-corrected chi connectivity index (χ2v) is 17.5. The normalized spacial score (nSPS) is 21.3. The molecule has 54 heavy (non-hydrogen) atoms. The molecular formula is C51H45NS2. The number of nitrogens with zero attached hydrogens (tertiary/aromatic N) is 1. The molecule has 4 aromatic carbocycles. The van der Waals surface area contributed by atoms with E-state index < -0.39 is 0 Å². The van der Waals surface area contributed by atoms with E-state index in [1.807, 2.05) is 11.3 Å². The Hall–Kier alpha value is -4.83. The molecule has 0 saturated heterocycles. The van der Waals surface area contributed by atoms with Crippen LogP contribution < -0.4 is 4.90 Å². The summed E-state index contributed by atoms with van der Waals surface area (Å²) in [6, 6.07) is 30.2. The van der Waals surface area contributed by atoms with E-state index in [0.717, 1.165) is 38.5 Å². The van der Waals surface area contributed by atoms with Crippen LogP contribution in [-0.2, 0) is 5.41 Å². The van der Waals surface area contributed by atoms with Gasteiger partial charge in [0.25, 0.3) is 0 Å². The molecule has 2 unspecified atom stereocenters. The molecule has 0 radical (unpaired) electrons. The highest BCUT2D eigenvalue weighted by Gasteiger charge is 2.39. The van der Waals surface area contributed by atoms with Crippen LogP contribution in [0.2, 0.25) is 0 Å². The Balaban J connectivity index is 1.08. The zero-order valence-corrected chi connectivity index (χ0v) is 32.8. The van der Waals surface area contributed by atoms with Gasteiger partial charge in [-0.25, -0.2) is 0 Å². The lowest BCUT2D eigenvalue weighted by molar-refractivity contribution is 0.608. The lowest BCUT2D eigenvalue weighted by Gasteiger charge is -2.34. The first kappa shape index (κ1) is 33.7. The van der Waals surface area contributed by atoms with E-state index in [2.05, 4.69) is 164 Å². The van der Waals surface area contributed by atoms with Crippen molar-refractivity contribution in [3.8, 4) is 11.1 Å². The first-order valence-corrected chi connectivity index (χ1v) is 20.9. The van der Waals surface area contributed by atoms with Gasteiger partial charge >= 0.3 is 0 Å². The summed E-state index contributed by atoms with van der Waals surface area (Å²) in [6.07, 6.45) is 32.0. The fourth-order valence-corrected chi connectivity index (χ4v) is 11.3. The van der Waals surface area contributed by atoms with Crippen molar-refractivity contribution < 1.29 is 0 Å². The van der Waals surface area contributed by atoms with Crippen molar-refractivity contribution in [2.45, 2.75) is 63.8 Å². The molecule has 1 heterocycles. The monoisotopic (exact) mass is 735 g/mol. The highest BCUT2D eigenvalue weighted by molar-refractivity contribution is 7.84. The van der Waals surface area contributed by atoms with E-state index in [1.165, 1.54) is 81.0 Å². The Labute approximate surface area is 329 Å². The van der Waals surface area contributed by atoms with E-state index in [-0.39, 0.29) is 11.5 Å². The zero-order valence-electron chi connectivity index (χ0n) is 31.1. The molecule has 5 aliphatic rings. The predicted octanol–water partition coefficient (Wildman–Crippen LogP) is 14.6. The number of thiophene rings is 1. The van der Waals surface area contributed by atoms with Gasteiger partial charge in [0.1, 0.15) is 0 Å². The molecule has 0 aliphatic heterocycles. The Kier molecular flexibility index (Phi) is 8.42. The number of thiol groups is 1. The Morgan fingerprint density at radius 1 is 0.704 bits per heavy atom. The molecule has 10 rings (SSSR count). The van der Waals surface area contributed by atoms with Crippen LogP contribution in [-0.4, -0.2) is 6.04 Å². The quantitative estimate of drug-likeness (QED) is 0.170. The average molecular weight is 736 g/mol. The van der Waals surface area contributed by atoms with Crippen LogP contribution in [0.5, 0.6) is 0 Å². The Morgan fingerprint density at radius 2 is 1.50 bits per heavy atom. The fraction of sp³-hybridized carbons (Fsp3) is 0.216. The van der Waals surface area contributed by atoms with Gasteiger partial charge in [0.2, 0.25) is 0 Å². The minimum absolute atomic E-state index is 0.0647. The van der Waals surface area contributed by atoms with Gasteiger partial charge in [-0.05, 0) is 107 Å². The van der Waals surface area contributed by atoms with Gasteiger partial charge in [0.15, 0.2) is 0 Å². The van der Waals surface area contributed by atoms with Crippen LogP contribution >= 0.6 is 24.0 Å². The first-order chi connectivity index (χ1) is 26.5. The van der Waals surface area contributed by atoms with E-state index in [0.29, 0.717) is 5.92 Å². The summed E-state index contributed by atoms with van der Waals surface area (Å²) >= 11 is 6.83. The minimum Gasteiger partial charge on any atom is -0.333 e. The number of allylic oxidation sites excluding steroid dienone is 14. The van der Waals surface area contributed by atoms with Crippen molar-refractivity contribution in [3.63, 3.8) is 0 Å². The second-order valence-electron chi connectivity index (χ2n) is 15.9. The third-order valence-electron chi connectivity index (χ3n) is 12.4. The molecule has 2 atom stereocenters. The summed E-state index contributed by atoms with van der Waals surface area (Å²) in [5.41, 5.74) is 14.9. The molecule has 1 nitrogen and oxygen atoms in total. The van der Waals surface area contributed by atoms with Gasteiger partial charge < -0.3 is 4.90 Å². The predicted molar refractivity (Wildman–Crippen MR) is 238 cm³/mol. The Morgan fingerprint density at radius 3 is 2.30 bits per heavy atom. The number of hydrogen-bond acceptors (Lipinski definition) is 3. The maximum absolute atomic E-state index is 4.84. The molecule has 0 N–H and O–H groups in total. The first-order valence-electron chi connectivity index (χ1n) is 19.7. The summed E-state index contributed by atoms with van der Waals surface area (Å²) in [4.78, 5) is 3.78. The lowest BCUT2D eigenvalue weighted by atomic mass is 9.78. The lowest BCUT2D eigenvalue weighted by Crippen LogP contribution is -2.30. The standard InChI is InChI=1S/C51H45NS2/c1-51(2)44-19-8-6-17-43(44)48-45(51)31-30-42-41-18-11-20-46(49(41)54-50(42)48)52(38-26-22-34(23-27-38)33-12-4-3-5-13-33)39-28-24-35(25-29-39)36-14-10-15-37(32-36)40-16-7-9-21-47(40)53/h3-7,10-12,14-18,20,22-26,28-33,38,53H,8-9,13,19,21,27H2,1-2H3. The molecule has 0 saturated carbocycles. The molecule has 0 bridgehead atoms. The number of anilines is 2. The molecule has 5 aromatic rings. The van der Waals surface area contributed by atoms with Crippen molar-refractivity contribution in [2.75, 3.05) is 4.90 Å². The third kappa shape index (κ3) is 5.59. The zero-order chi connectivity index (χ0) is 36.4. The highest BCUT2D eigenvalue weighted by atomic mass is 32.1. The fourth-order valence-electron chi connectivity index (χ4n) is 9.56. The second kappa shape index (κ2) is 13.5. The van der Waals surface area contributed by atoms with E-state index in [9.17, 15) is 0 Å². The van der Waals surface area contributed by atoms with Crippen LogP contribution in [0, 0.1) is 5.92 Å². The van der Waals surface area contributed by atoms with Gasteiger partial charge in [-0.2, -0.15) is 0 Å². The molecule has 0 fully saturated rings. The van der Waals surface area contributed by atoms with E-state index in [4.69, 9.17) is 12.6 Å². The van der Waals surface area contributed by atoms with Gasteiger partial charge in [-0.15, -0.1) is 24.0 Å². The van der Waals surface area contributed by atoms with Gasteiger partial charge in [0, 0.05) is 38.1 Å². The van der Waals surface area contributed by atoms with Crippen molar-refractivity contribution >= 4 is 66.7 Å². The van der Waals surface area contributed by atoms with Gasteiger partial charge in [-0.3, -0.25) is 0 Å². The molecule has 266 valence electrons. The smallest absolute Gasteiger partial charge is 0.0598 e. The average Bonchev–Trinajstić information content (AvgIpc) is 3.72. The van der Waals surface area contributed by atoms with Crippen LogP contribution in [0.3, 0.4) is 0 Å². The van der Waals surface area contributed by atoms with Crippen LogP contribution in [0.1, 0.15) is 69.1 Å². The van der Waals surface area contributed by atoms with Gasteiger partial charge in [0.05, 0.1) is 16.4 Å². The Bertz CT molecular complexity index is 2590. The molecule has 1 aromatic heterocycles. The summed E-state index contributed by atoms with van der Waals surface area (Å²) in [7, 11) is 0. The highest BCUT2D eigenvalue weighted by Crippen LogP contribution is 2.55. The van der Waals surface area contributed by atoms with E-state index >= 15 is 0 Å². The number of hydrogen-bond donors (Lipinski definition) is 1. The van der Waals surface area contributed by atoms with Crippen molar-refractivity contribution in [1.82, 2.24) is 0 Å². The van der Waals surface area contributed by atoms with Gasteiger partial charge in [-0.1, -0.05) is 141 Å². The van der Waals surface area contributed by atoms with Crippen molar-refractivity contribution in [2.24, 2.45) is 5.92 Å². The SMILES string of the molecule is CC1(C)C2=C(C=CCC2)c2c1ccc1c2sc2c(N(c3ccc(-c4cccc(C5=C(S)CCC=C5)c4)cc3)C3C=CC(C4C=CC=CC4)=CC3)cccc21. The van der Waals surface area contributed by atoms with Crippen LogP contribution in [0.4, 0.5) is 11.4 Å². The summed E-state index contributed by atoms with van der Waals surface area (Å²) < 4.78 is 2.80. The third-order valence-corrected chi connectivity index (χ3v) is 14.1. The van der Waals surface area contributed by atoms with Crippen molar-refractivity contribution in [1.29, 1.82) is 0 Å². The summed E-state index contributed by atoms with van der Waals surface area (Å²) in [5, 5.41) is 2.73. The maximum Gasteiger partial charge on any atom is 0.0598 e. The molecule has 3 heteroatoms. The molecule has 0 amide bonds. The molecular weight excluding hydrogens is 691 g/mol. The van der Waals surface area contributed by atoms with Crippen molar-refractivity contribution in [3.05, 3.63) is 178 Å². The molecule has 5 aliphatic carbocycles. The largest absolute Gasteiger partial charge is 0.333 e. The van der Waals surface area contributed by atoms with Crippen LogP contribution in [0.25, 0.3) is 42.4 Å². The topological polar surface area (TPSA) is 3.24 Å².